The van der Waals surface area contributed by atoms with Crippen molar-refractivity contribution in [3.63, 3.8) is 0 Å². The number of nitrogens with zero attached hydrogens (tertiary/aromatic N) is 2. The maximum Gasteiger partial charge on any atom is 0.177 e. The van der Waals surface area contributed by atoms with Crippen LogP contribution < -0.4 is 0 Å². The van der Waals surface area contributed by atoms with Gasteiger partial charge in [0.25, 0.3) is 0 Å². The van der Waals surface area contributed by atoms with E-state index < -0.39 is 0 Å². The van der Waals surface area contributed by atoms with E-state index >= 15 is 0 Å². The van der Waals surface area contributed by atoms with Crippen molar-refractivity contribution in [3.05, 3.63) is 23.7 Å². The Morgan fingerprint density at radius 2 is 1.65 bits per heavy atom. The number of aryl methyl sites for hydroxylation is 1. The van der Waals surface area contributed by atoms with Gasteiger partial charge in [-0.3, -0.25) is 0 Å². The van der Waals surface area contributed by atoms with E-state index in [1.165, 1.54) is 0 Å². The quantitative estimate of drug-likeness (QED) is 0.875. The fraction of sp³-hybridized carbons (Fsp3) is 0.571. The number of nitrogens with one attached hydrogen (secondary N) is 1. The molecule has 2 aromatic heterocycles. The van der Waals surface area contributed by atoms with Crippen molar-refractivity contribution >= 4 is 11.2 Å². The summed E-state index contributed by atoms with van der Waals surface area (Å²) in [7, 11) is 0. The summed E-state index contributed by atoms with van der Waals surface area (Å²) in [4.78, 5) is 12.5. The topological polar surface area (TPSA) is 41.6 Å². The molecule has 0 fully saturated rings. The molecule has 0 amide bonds. The van der Waals surface area contributed by atoms with Crippen LogP contribution in [0.15, 0.2) is 12.1 Å². The number of pyridine rings is 1. The normalized spacial score (nSPS) is 12.2. The summed E-state index contributed by atoms with van der Waals surface area (Å²) < 4.78 is 0. The van der Waals surface area contributed by atoms with Gasteiger partial charge in [0.1, 0.15) is 5.82 Å². The van der Waals surface area contributed by atoms with Crippen LogP contribution in [0.2, 0.25) is 0 Å². The van der Waals surface area contributed by atoms with Gasteiger partial charge in [0.2, 0.25) is 0 Å². The third-order valence-electron chi connectivity index (χ3n) is 3.26. The van der Waals surface area contributed by atoms with E-state index in [-0.39, 0.29) is 0 Å². The number of H-pyrrole nitrogens is 1. The number of rotatable bonds is 3. The van der Waals surface area contributed by atoms with Crippen LogP contribution in [0.5, 0.6) is 0 Å². The fourth-order valence-corrected chi connectivity index (χ4v) is 2.56. The van der Waals surface area contributed by atoms with E-state index in [0.29, 0.717) is 17.8 Å². The Bertz CT molecular complexity index is 503. The molecule has 0 aliphatic heterocycles. The Labute approximate surface area is 103 Å². The van der Waals surface area contributed by atoms with Crippen molar-refractivity contribution < 1.29 is 0 Å². The van der Waals surface area contributed by atoms with E-state index in [4.69, 9.17) is 0 Å². The predicted octanol–water partition coefficient (Wildman–Crippen LogP) is 3.66. The summed E-state index contributed by atoms with van der Waals surface area (Å²) in [6, 6.07) is 4.08. The minimum Gasteiger partial charge on any atom is -0.340 e. The molecular weight excluding hydrogens is 210 g/mol. The first-order valence-corrected chi connectivity index (χ1v) is 6.32. The predicted molar refractivity (Wildman–Crippen MR) is 71.0 cm³/mol. The Hall–Kier alpha value is -1.38. The average molecular weight is 231 g/mol. The molecule has 2 rings (SSSR count). The third-order valence-corrected chi connectivity index (χ3v) is 3.26. The Morgan fingerprint density at radius 1 is 1.00 bits per heavy atom. The summed E-state index contributed by atoms with van der Waals surface area (Å²) in [5.41, 5.74) is 2.89. The van der Waals surface area contributed by atoms with Crippen LogP contribution in [0.4, 0.5) is 0 Å². The summed E-state index contributed by atoms with van der Waals surface area (Å²) >= 11 is 0. The van der Waals surface area contributed by atoms with Crippen LogP contribution in [-0.2, 0) is 0 Å². The molecule has 92 valence electrons. The van der Waals surface area contributed by atoms with Gasteiger partial charge in [0.05, 0.1) is 5.52 Å². The van der Waals surface area contributed by atoms with Crippen LogP contribution >= 0.6 is 0 Å². The first-order chi connectivity index (χ1) is 7.99. The molecule has 0 aliphatic rings. The van der Waals surface area contributed by atoms with Gasteiger partial charge in [-0.25, -0.2) is 9.97 Å². The number of fused-ring (bicyclic) bond motifs is 1. The second-order valence-corrected chi connectivity index (χ2v) is 5.46. The van der Waals surface area contributed by atoms with Gasteiger partial charge in [0.15, 0.2) is 5.65 Å². The maximum atomic E-state index is 4.65. The van der Waals surface area contributed by atoms with Crippen molar-refractivity contribution in [1.82, 2.24) is 15.0 Å². The van der Waals surface area contributed by atoms with Gasteiger partial charge in [0, 0.05) is 11.6 Å². The number of hydrogen-bond donors (Lipinski definition) is 1. The molecule has 17 heavy (non-hydrogen) atoms. The van der Waals surface area contributed by atoms with Crippen LogP contribution in [0.1, 0.15) is 45.1 Å². The lowest BCUT2D eigenvalue weighted by atomic mass is 9.85. The fourth-order valence-electron chi connectivity index (χ4n) is 2.56. The molecule has 0 radical (unpaired) electrons. The van der Waals surface area contributed by atoms with Gasteiger partial charge in [-0.15, -0.1) is 0 Å². The van der Waals surface area contributed by atoms with E-state index in [9.17, 15) is 0 Å². The lowest BCUT2D eigenvalue weighted by molar-refractivity contribution is 0.374. The van der Waals surface area contributed by atoms with Crippen LogP contribution in [0.25, 0.3) is 11.2 Å². The third kappa shape index (κ3) is 2.33. The molecule has 0 atom stereocenters. The molecule has 0 saturated heterocycles. The maximum absolute atomic E-state index is 4.65. The van der Waals surface area contributed by atoms with Gasteiger partial charge in [-0.1, -0.05) is 27.7 Å². The summed E-state index contributed by atoms with van der Waals surface area (Å²) in [6.45, 7) is 11.0. The molecule has 0 spiro atoms. The van der Waals surface area contributed by atoms with Crippen molar-refractivity contribution in [3.8, 4) is 0 Å². The largest absolute Gasteiger partial charge is 0.340 e. The van der Waals surface area contributed by atoms with E-state index in [2.05, 4.69) is 48.7 Å². The minimum absolute atomic E-state index is 0.463. The monoisotopic (exact) mass is 231 g/mol. The van der Waals surface area contributed by atoms with Gasteiger partial charge in [-0.2, -0.15) is 0 Å². The van der Waals surface area contributed by atoms with Crippen molar-refractivity contribution in [2.24, 2.45) is 11.8 Å². The van der Waals surface area contributed by atoms with Gasteiger partial charge >= 0.3 is 0 Å². The molecule has 0 bridgehead atoms. The number of aromatic amines is 1. The second kappa shape index (κ2) is 4.47. The molecule has 3 heteroatoms. The molecule has 0 unspecified atom stereocenters. The summed E-state index contributed by atoms with van der Waals surface area (Å²) in [5, 5.41) is 0. The van der Waals surface area contributed by atoms with Crippen molar-refractivity contribution in [2.75, 3.05) is 0 Å². The highest BCUT2D eigenvalue weighted by Crippen LogP contribution is 2.30. The highest BCUT2D eigenvalue weighted by atomic mass is 15.0. The average Bonchev–Trinajstić information content (AvgIpc) is 2.58. The van der Waals surface area contributed by atoms with Crippen molar-refractivity contribution in [2.45, 2.75) is 40.5 Å². The molecule has 1 N–H and O–H groups in total. The van der Waals surface area contributed by atoms with Gasteiger partial charge < -0.3 is 4.98 Å². The van der Waals surface area contributed by atoms with E-state index in [1.54, 1.807) is 0 Å². The lowest BCUT2D eigenvalue weighted by Gasteiger charge is -2.22. The summed E-state index contributed by atoms with van der Waals surface area (Å²) in [5.74, 6) is 2.70. The van der Waals surface area contributed by atoms with E-state index in [0.717, 1.165) is 22.7 Å². The van der Waals surface area contributed by atoms with Gasteiger partial charge in [-0.05, 0) is 30.9 Å². The SMILES string of the molecule is Cc1ccc2[nH]c(C(C(C)C)C(C)C)nc2n1. The standard InChI is InChI=1S/C14H21N3/c1-8(2)12(9(3)4)14-16-11-7-6-10(5)15-13(11)17-14/h6-9,12H,1-5H3,(H,15,16,17). The molecule has 0 saturated carbocycles. The zero-order chi connectivity index (χ0) is 12.6. The number of imidazole rings is 1. The lowest BCUT2D eigenvalue weighted by Crippen LogP contribution is -2.14. The van der Waals surface area contributed by atoms with E-state index in [1.807, 2.05) is 13.0 Å². The molecule has 0 aliphatic carbocycles. The van der Waals surface area contributed by atoms with Crippen LogP contribution in [-0.4, -0.2) is 15.0 Å². The molecule has 3 nitrogen and oxygen atoms in total. The molecule has 2 heterocycles. The highest BCUT2D eigenvalue weighted by molar-refractivity contribution is 5.70. The molecule has 0 aromatic carbocycles. The zero-order valence-electron chi connectivity index (χ0n) is 11.3. The number of aromatic nitrogens is 3. The Morgan fingerprint density at radius 3 is 2.24 bits per heavy atom. The second-order valence-electron chi connectivity index (χ2n) is 5.46. The molecular formula is C14H21N3. The van der Waals surface area contributed by atoms with Crippen molar-refractivity contribution in [1.29, 1.82) is 0 Å². The Balaban J connectivity index is 2.47. The minimum atomic E-state index is 0.463. The first kappa shape index (κ1) is 12.1. The Kier molecular flexibility index (Phi) is 3.18. The van der Waals surface area contributed by atoms with Crippen LogP contribution in [0.3, 0.4) is 0 Å². The summed E-state index contributed by atoms with van der Waals surface area (Å²) in [6.07, 6.45) is 0. The molecule has 2 aromatic rings. The van der Waals surface area contributed by atoms with Crippen LogP contribution in [0, 0.1) is 18.8 Å². The first-order valence-electron chi connectivity index (χ1n) is 6.32. The zero-order valence-corrected chi connectivity index (χ0v) is 11.3. The number of hydrogen-bond acceptors (Lipinski definition) is 2. The smallest absolute Gasteiger partial charge is 0.177 e. The highest BCUT2D eigenvalue weighted by Gasteiger charge is 2.23.